The summed E-state index contributed by atoms with van der Waals surface area (Å²) in [4.78, 5) is 0. The van der Waals surface area contributed by atoms with Gasteiger partial charge >= 0.3 is 0 Å². The fraction of sp³-hybridized carbons (Fsp3) is 0.100. The summed E-state index contributed by atoms with van der Waals surface area (Å²) in [5, 5.41) is 4.05. The first-order valence-electron chi connectivity index (χ1n) is 4.18. The molecule has 0 bridgehead atoms. The van der Waals surface area contributed by atoms with Gasteiger partial charge in [0.2, 0.25) is 0 Å². The predicted octanol–water partition coefficient (Wildman–Crippen LogP) is 3.51. The van der Waals surface area contributed by atoms with Gasteiger partial charge in [0, 0.05) is 6.07 Å². The average Bonchev–Trinajstić information content (AvgIpc) is 2.66. The number of benzene rings is 1. The number of halogens is 3. The lowest BCUT2D eigenvalue weighted by atomic mass is 10.1. The van der Waals surface area contributed by atoms with Gasteiger partial charge < -0.3 is 4.52 Å². The minimum absolute atomic E-state index is 0.159. The molecule has 0 fully saturated rings. The van der Waals surface area contributed by atoms with Gasteiger partial charge in [0.15, 0.2) is 0 Å². The molecule has 0 aliphatic carbocycles. The molecule has 5 heteroatoms. The Morgan fingerprint density at radius 2 is 1.93 bits per heavy atom. The molecular weight excluding hydrogens is 268 g/mol. The summed E-state index contributed by atoms with van der Waals surface area (Å²) in [5.41, 5.74) is 0.00787. The van der Waals surface area contributed by atoms with E-state index in [2.05, 4.69) is 21.1 Å². The molecule has 2 aromatic rings. The lowest BCUT2D eigenvalue weighted by Gasteiger charge is -1.98. The van der Waals surface area contributed by atoms with Crippen LogP contribution in [-0.4, -0.2) is 5.16 Å². The second-order valence-electron chi connectivity index (χ2n) is 2.91. The van der Waals surface area contributed by atoms with Gasteiger partial charge in [-0.25, -0.2) is 8.78 Å². The van der Waals surface area contributed by atoms with Gasteiger partial charge in [0.25, 0.3) is 0 Å². The van der Waals surface area contributed by atoms with E-state index in [-0.39, 0.29) is 11.3 Å². The van der Waals surface area contributed by atoms with Crippen molar-refractivity contribution in [2.45, 2.75) is 5.33 Å². The molecule has 0 unspecified atom stereocenters. The third-order valence-corrected chi connectivity index (χ3v) is 2.46. The zero-order chi connectivity index (χ0) is 10.8. The maximum Gasteiger partial charge on any atom is 0.147 e. The predicted molar refractivity (Wildman–Crippen MR) is 54.5 cm³/mol. The minimum Gasteiger partial charge on any atom is -0.360 e. The molecular formula is C10H6BrF2NO. The summed E-state index contributed by atoms with van der Waals surface area (Å²) in [6, 6.07) is 5.16. The summed E-state index contributed by atoms with van der Waals surface area (Å²) >= 11 is 3.16. The van der Waals surface area contributed by atoms with Crippen LogP contribution in [-0.2, 0) is 5.33 Å². The molecule has 0 aliphatic heterocycles. The Balaban J connectivity index is 2.53. The lowest BCUT2D eigenvalue weighted by Crippen LogP contribution is -1.88. The SMILES string of the molecule is Fc1cccc(F)c1-c1cc(CBr)on1. The maximum atomic E-state index is 13.3. The molecule has 0 saturated carbocycles. The molecule has 2 nitrogen and oxygen atoms in total. The third kappa shape index (κ3) is 1.92. The van der Waals surface area contributed by atoms with Crippen LogP contribution < -0.4 is 0 Å². The number of aromatic nitrogens is 1. The molecule has 0 spiro atoms. The highest BCUT2D eigenvalue weighted by molar-refractivity contribution is 9.08. The quantitative estimate of drug-likeness (QED) is 0.783. The molecule has 15 heavy (non-hydrogen) atoms. The summed E-state index contributed by atoms with van der Waals surface area (Å²) in [7, 11) is 0. The van der Waals surface area contributed by atoms with Gasteiger partial charge in [-0.15, -0.1) is 0 Å². The highest BCUT2D eigenvalue weighted by Crippen LogP contribution is 2.25. The molecule has 2 rings (SSSR count). The van der Waals surface area contributed by atoms with Crippen LogP contribution in [0.2, 0.25) is 0 Å². The lowest BCUT2D eigenvalue weighted by molar-refractivity contribution is 0.397. The smallest absolute Gasteiger partial charge is 0.147 e. The normalized spacial score (nSPS) is 10.6. The second kappa shape index (κ2) is 4.10. The van der Waals surface area contributed by atoms with Crippen molar-refractivity contribution in [3.8, 4) is 11.3 Å². The fourth-order valence-electron chi connectivity index (χ4n) is 1.24. The zero-order valence-electron chi connectivity index (χ0n) is 7.51. The van der Waals surface area contributed by atoms with Crippen LogP contribution in [0.15, 0.2) is 28.8 Å². The topological polar surface area (TPSA) is 26.0 Å². The zero-order valence-corrected chi connectivity index (χ0v) is 9.09. The van der Waals surface area contributed by atoms with Crippen LogP contribution in [0, 0.1) is 11.6 Å². The van der Waals surface area contributed by atoms with Crippen molar-refractivity contribution < 1.29 is 13.3 Å². The van der Waals surface area contributed by atoms with Crippen molar-refractivity contribution in [2.24, 2.45) is 0 Å². The molecule has 1 aromatic carbocycles. The van der Waals surface area contributed by atoms with E-state index >= 15 is 0 Å². The van der Waals surface area contributed by atoms with E-state index < -0.39 is 11.6 Å². The molecule has 0 amide bonds. The van der Waals surface area contributed by atoms with Crippen molar-refractivity contribution in [1.29, 1.82) is 0 Å². The molecule has 78 valence electrons. The fourth-order valence-corrected chi connectivity index (χ4v) is 1.50. The Morgan fingerprint density at radius 3 is 2.47 bits per heavy atom. The molecule has 1 heterocycles. The van der Waals surface area contributed by atoms with Crippen LogP contribution >= 0.6 is 15.9 Å². The van der Waals surface area contributed by atoms with Crippen molar-refractivity contribution in [3.63, 3.8) is 0 Å². The number of hydrogen-bond donors (Lipinski definition) is 0. The van der Waals surface area contributed by atoms with E-state index in [9.17, 15) is 8.78 Å². The largest absolute Gasteiger partial charge is 0.360 e. The molecule has 0 radical (unpaired) electrons. The first-order valence-corrected chi connectivity index (χ1v) is 5.30. The van der Waals surface area contributed by atoms with Crippen LogP contribution in [0.5, 0.6) is 0 Å². The van der Waals surface area contributed by atoms with E-state index in [1.807, 2.05) is 0 Å². The number of hydrogen-bond acceptors (Lipinski definition) is 2. The van der Waals surface area contributed by atoms with E-state index in [1.54, 1.807) is 0 Å². The van der Waals surface area contributed by atoms with Crippen molar-refractivity contribution in [3.05, 3.63) is 41.7 Å². The average molecular weight is 274 g/mol. The molecule has 0 N–H and O–H groups in total. The summed E-state index contributed by atoms with van der Waals surface area (Å²) in [6.45, 7) is 0. The molecule has 0 atom stereocenters. The van der Waals surface area contributed by atoms with E-state index in [1.165, 1.54) is 24.3 Å². The first-order chi connectivity index (χ1) is 7.22. The Bertz CT molecular complexity index is 464. The van der Waals surface area contributed by atoms with Crippen LogP contribution in [0.3, 0.4) is 0 Å². The Kier molecular flexibility index (Phi) is 2.81. The van der Waals surface area contributed by atoms with Gasteiger partial charge in [-0.2, -0.15) is 0 Å². The first kappa shape index (κ1) is 10.3. The van der Waals surface area contributed by atoms with Gasteiger partial charge in [-0.05, 0) is 12.1 Å². The summed E-state index contributed by atoms with van der Waals surface area (Å²) in [5.74, 6) is -0.776. The third-order valence-electron chi connectivity index (χ3n) is 1.91. The second-order valence-corrected chi connectivity index (χ2v) is 3.47. The Morgan fingerprint density at radius 1 is 1.27 bits per heavy atom. The molecule has 0 saturated heterocycles. The summed E-state index contributed by atoms with van der Waals surface area (Å²) in [6.07, 6.45) is 0. The Labute approximate surface area is 93.0 Å². The highest BCUT2D eigenvalue weighted by atomic mass is 79.9. The van der Waals surface area contributed by atoms with Crippen molar-refractivity contribution in [1.82, 2.24) is 5.16 Å². The Hall–Kier alpha value is -1.23. The maximum absolute atomic E-state index is 13.3. The van der Waals surface area contributed by atoms with Crippen molar-refractivity contribution >= 4 is 15.9 Å². The molecule has 0 aliphatic rings. The van der Waals surface area contributed by atoms with E-state index in [0.717, 1.165) is 0 Å². The molecule has 1 aromatic heterocycles. The van der Waals surface area contributed by atoms with Gasteiger partial charge in [-0.1, -0.05) is 27.2 Å². The highest BCUT2D eigenvalue weighted by Gasteiger charge is 2.14. The number of nitrogens with zero attached hydrogens (tertiary/aromatic N) is 1. The van der Waals surface area contributed by atoms with Gasteiger partial charge in [0.05, 0.1) is 10.9 Å². The summed E-state index contributed by atoms with van der Waals surface area (Å²) < 4.78 is 31.5. The van der Waals surface area contributed by atoms with Crippen molar-refractivity contribution in [2.75, 3.05) is 0 Å². The van der Waals surface area contributed by atoms with E-state index in [4.69, 9.17) is 4.52 Å². The number of rotatable bonds is 2. The van der Waals surface area contributed by atoms with Gasteiger partial charge in [0.1, 0.15) is 23.1 Å². The van der Waals surface area contributed by atoms with Gasteiger partial charge in [-0.3, -0.25) is 0 Å². The van der Waals surface area contributed by atoms with Crippen LogP contribution in [0.4, 0.5) is 8.78 Å². The minimum atomic E-state index is -0.649. The monoisotopic (exact) mass is 273 g/mol. The number of alkyl halides is 1. The van der Waals surface area contributed by atoms with Crippen LogP contribution in [0.25, 0.3) is 11.3 Å². The standard InChI is InChI=1S/C10H6BrF2NO/c11-5-6-4-9(14-15-6)10-7(12)2-1-3-8(10)13/h1-4H,5H2. The van der Waals surface area contributed by atoms with E-state index in [0.29, 0.717) is 11.1 Å². The van der Waals surface area contributed by atoms with Crippen LogP contribution in [0.1, 0.15) is 5.76 Å².